The fourth-order valence-corrected chi connectivity index (χ4v) is 3.54. The average molecular weight is 367 g/mol. The topological polar surface area (TPSA) is 64.6 Å². The van der Waals surface area contributed by atoms with Gasteiger partial charge in [-0.3, -0.25) is 0 Å². The number of hydrogen-bond acceptors (Lipinski definition) is 3. The van der Waals surface area contributed by atoms with Crippen molar-refractivity contribution in [3.8, 4) is 0 Å². The van der Waals surface area contributed by atoms with Crippen LogP contribution in [0.15, 0.2) is 54.6 Å². The summed E-state index contributed by atoms with van der Waals surface area (Å²) >= 11 is 0. The van der Waals surface area contributed by atoms with Crippen LogP contribution < -0.4 is 10.6 Å². The fourth-order valence-electron chi connectivity index (χ4n) is 3.54. The molecule has 144 valence electrons. The van der Waals surface area contributed by atoms with Crippen molar-refractivity contribution >= 4 is 6.03 Å². The molecule has 2 aromatic rings. The van der Waals surface area contributed by atoms with E-state index in [4.69, 9.17) is 0 Å². The molecular formula is C22H29N3O2. The number of rotatable bonds is 5. The number of amides is 2. The maximum Gasteiger partial charge on any atom is 0.315 e. The molecule has 1 aliphatic rings. The van der Waals surface area contributed by atoms with Crippen molar-refractivity contribution in [2.24, 2.45) is 0 Å². The molecule has 2 aromatic carbocycles. The van der Waals surface area contributed by atoms with Crippen LogP contribution in [-0.2, 0) is 0 Å². The number of nitrogens with one attached hydrogen (secondary N) is 2. The van der Waals surface area contributed by atoms with E-state index in [0.29, 0.717) is 12.8 Å². The summed E-state index contributed by atoms with van der Waals surface area (Å²) in [6.45, 7) is 4.00. The van der Waals surface area contributed by atoms with Crippen LogP contribution in [0.2, 0.25) is 0 Å². The predicted octanol–water partition coefficient (Wildman–Crippen LogP) is 2.84. The SMILES string of the molecule is Cc1ccccc1[C@@H](NC(=O)NCC1(O)CCN(C)CC1)c1ccccc1. The standard InChI is InChI=1S/C22H29N3O2/c1-17-8-6-7-11-19(17)20(18-9-4-3-5-10-18)24-21(26)23-16-22(27)12-14-25(2)15-13-22/h3-11,20,27H,12-16H2,1-2H3,(H2,23,24,26)/t20-/m0/s1. The zero-order valence-electron chi connectivity index (χ0n) is 16.1. The van der Waals surface area contributed by atoms with E-state index in [9.17, 15) is 9.90 Å². The zero-order chi connectivity index (χ0) is 19.3. The molecule has 5 nitrogen and oxygen atoms in total. The molecule has 0 bridgehead atoms. The van der Waals surface area contributed by atoms with Gasteiger partial charge in [-0.2, -0.15) is 0 Å². The number of nitrogens with zero attached hydrogens (tertiary/aromatic N) is 1. The summed E-state index contributed by atoms with van der Waals surface area (Å²) < 4.78 is 0. The molecule has 0 unspecified atom stereocenters. The van der Waals surface area contributed by atoms with Gasteiger partial charge in [-0.05, 0) is 43.5 Å². The van der Waals surface area contributed by atoms with Gasteiger partial charge in [0.05, 0.1) is 11.6 Å². The minimum atomic E-state index is -0.825. The van der Waals surface area contributed by atoms with Crippen LogP contribution in [0.3, 0.4) is 0 Å². The Morgan fingerprint density at radius 1 is 1.11 bits per heavy atom. The Kier molecular flexibility index (Phi) is 6.14. The van der Waals surface area contributed by atoms with Gasteiger partial charge < -0.3 is 20.6 Å². The Morgan fingerprint density at radius 2 is 1.74 bits per heavy atom. The van der Waals surface area contributed by atoms with Gasteiger partial charge in [0.15, 0.2) is 0 Å². The smallest absolute Gasteiger partial charge is 0.315 e. The van der Waals surface area contributed by atoms with E-state index in [1.165, 1.54) is 0 Å². The van der Waals surface area contributed by atoms with E-state index in [0.717, 1.165) is 29.8 Å². The van der Waals surface area contributed by atoms with E-state index >= 15 is 0 Å². The number of likely N-dealkylation sites (tertiary alicyclic amines) is 1. The van der Waals surface area contributed by atoms with Gasteiger partial charge in [-0.1, -0.05) is 54.6 Å². The number of piperidine rings is 1. The van der Waals surface area contributed by atoms with Gasteiger partial charge in [-0.15, -0.1) is 0 Å². The summed E-state index contributed by atoms with van der Waals surface area (Å²) in [6.07, 6.45) is 1.34. The van der Waals surface area contributed by atoms with Crippen molar-refractivity contribution in [1.29, 1.82) is 0 Å². The molecule has 1 heterocycles. The van der Waals surface area contributed by atoms with Gasteiger partial charge in [0.25, 0.3) is 0 Å². The van der Waals surface area contributed by atoms with E-state index in [-0.39, 0.29) is 18.6 Å². The maximum absolute atomic E-state index is 12.6. The van der Waals surface area contributed by atoms with E-state index < -0.39 is 5.60 Å². The lowest BCUT2D eigenvalue weighted by molar-refractivity contribution is -0.0123. The molecule has 0 aromatic heterocycles. The summed E-state index contributed by atoms with van der Waals surface area (Å²) in [5.41, 5.74) is 2.40. The number of urea groups is 1. The molecule has 2 amide bonds. The average Bonchev–Trinajstić information content (AvgIpc) is 2.69. The third kappa shape index (κ3) is 5.08. The van der Waals surface area contributed by atoms with Gasteiger partial charge in [0, 0.05) is 19.6 Å². The van der Waals surface area contributed by atoms with Gasteiger partial charge in [0.1, 0.15) is 0 Å². The number of aryl methyl sites for hydroxylation is 1. The predicted molar refractivity (Wildman–Crippen MR) is 108 cm³/mol. The van der Waals surface area contributed by atoms with Crippen LogP contribution >= 0.6 is 0 Å². The normalized spacial score (nSPS) is 17.9. The summed E-state index contributed by atoms with van der Waals surface area (Å²) in [5, 5.41) is 16.6. The minimum Gasteiger partial charge on any atom is -0.388 e. The molecule has 1 saturated heterocycles. The summed E-state index contributed by atoms with van der Waals surface area (Å²) in [5.74, 6) is 0. The Hall–Kier alpha value is -2.37. The van der Waals surface area contributed by atoms with Crippen LogP contribution in [0.25, 0.3) is 0 Å². The van der Waals surface area contributed by atoms with Crippen LogP contribution in [0.4, 0.5) is 4.79 Å². The van der Waals surface area contributed by atoms with Gasteiger partial charge >= 0.3 is 6.03 Å². The number of carbonyl (C=O) groups is 1. The summed E-state index contributed by atoms with van der Waals surface area (Å²) in [6, 6.07) is 17.5. The zero-order valence-corrected chi connectivity index (χ0v) is 16.1. The molecule has 0 aliphatic carbocycles. The lowest BCUT2D eigenvalue weighted by Crippen LogP contribution is -2.52. The van der Waals surface area contributed by atoms with Crippen molar-refractivity contribution < 1.29 is 9.90 Å². The number of benzene rings is 2. The van der Waals surface area contributed by atoms with Crippen molar-refractivity contribution in [3.05, 3.63) is 71.3 Å². The molecule has 27 heavy (non-hydrogen) atoms. The Bertz CT molecular complexity index is 755. The first-order chi connectivity index (χ1) is 13.0. The van der Waals surface area contributed by atoms with Crippen LogP contribution in [0.5, 0.6) is 0 Å². The second-order valence-electron chi connectivity index (χ2n) is 7.55. The van der Waals surface area contributed by atoms with Crippen molar-refractivity contribution in [2.45, 2.75) is 31.4 Å². The lowest BCUT2D eigenvalue weighted by Gasteiger charge is -2.36. The molecule has 1 aliphatic heterocycles. The Balaban J connectivity index is 1.69. The third-order valence-electron chi connectivity index (χ3n) is 5.40. The molecule has 1 fully saturated rings. The highest BCUT2D eigenvalue weighted by Crippen LogP contribution is 2.25. The fraction of sp³-hybridized carbons (Fsp3) is 0.409. The largest absolute Gasteiger partial charge is 0.388 e. The van der Waals surface area contributed by atoms with E-state index in [2.05, 4.69) is 15.5 Å². The summed E-state index contributed by atoms with van der Waals surface area (Å²) in [4.78, 5) is 14.8. The van der Waals surface area contributed by atoms with E-state index in [1.807, 2.05) is 68.6 Å². The third-order valence-corrected chi connectivity index (χ3v) is 5.40. The number of hydrogen-bond donors (Lipinski definition) is 3. The Labute approximate surface area is 161 Å². The quantitative estimate of drug-likeness (QED) is 0.761. The van der Waals surface area contributed by atoms with Crippen molar-refractivity contribution in [3.63, 3.8) is 0 Å². The first-order valence-electron chi connectivity index (χ1n) is 9.53. The number of aliphatic hydroxyl groups is 1. The highest BCUT2D eigenvalue weighted by atomic mass is 16.3. The lowest BCUT2D eigenvalue weighted by atomic mass is 9.91. The Morgan fingerprint density at radius 3 is 2.41 bits per heavy atom. The van der Waals surface area contributed by atoms with Crippen LogP contribution in [0.1, 0.15) is 35.6 Å². The highest BCUT2D eigenvalue weighted by molar-refractivity contribution is 5.75. The molecule has 0 saturated carbocycles. The van der Waals surface area contributed by atoms with Gasteiger partial charge in [-0.25, -0.2) is 4.79 Å². The van der Waals surface area contributed by atoms with Crippen molar-refractivity contribution in [2.75, 3.05) is 26.7 Å². The monoisotopic (exact) mass is 367 g/mol. The van der Waals surface area contributed by atoms with Crippen molar-refractivity contribution in [1.82, 2.24) is 15.5 Å². The van der Waals surface area contributed by atoms with Crippen LogP contribution in [0, 0.1) is 6.92 Å². The first kappa shape index (κ1) is 19.4. The van der Waals surface area contributed by atoms with E-state index in [1.54, 1.807) is 0 Å². The molecular weight excluding hydrogens is 338 g/mol. The second kappa shape index (κ2) is 8.55. The molecule has 3 rings (SSSR count). The highest BCUT2D eigenvalue weighted by Gasteiger charge is 2.31. The van der Waals surface area contributed by atoms with Crippen LogP contribution in [-0.4, -0.2) is 48.3 Å². The molecule has 5 heteroatoms. The summed E-state index contributed by atoms with van der Waals surface area (Å²) in [7, 11) is 2.05. The second-order valence-corrected chi connectivity index (χ2v) is 7.55. The number of carbonyl (C=O) groups excluding carboxylic acids is 1. The first-order valence-corrected chi connectivity index (χ1v) is 9.53. The van der Waals surface area contributed by atoms with Gasteiger partial charge in [0.2, 0.25) is 0 Å². The molecule has 1 atom stereocenters. The molecule has 0 radical (unpaired) electrons. The molecule has 3 N–H and O–H groups in total. The maximum atomic E-state index is 12.6. The minimum absolute atomic E-state index is 0.237. The molecule has 0 spiro atoms.